The fourth-order valence-electron chi connectivity index (χ4n) is 1.06. The highest BCUT2D eigenvalue weighted by atomic mass is 35.7. The SMILES string of the molecule is O=S(=O)(Cl)CCNS(=O)(=O)c1cc(F)ccc1F. The molecule has 0 radical (unpaired) electrons. The average Bonchev–Trinajstić information content (AvgIpc) is 2.19. The lowest BCUT2D eigenvalue weighted by atomic mass is 10.3. The molecule has 102 valence electrons. The van der Waals surface area contributed by atoms with E-state index in [1.54, 1.807) is 4.72 Å². The van der Waals surface area contributed by atoms with E-state index in [4.69, 9.17) is 10.7 Å². The van der Waals surface area contributed by atoms with E-state index in [0.717, 1.165) is 6.07 Å². The first kappa shape index (κ1) is 15.3. The van der Waals surface area contributed by atoms with Gasteiger partial charge in [0, 0.05) is 17.2 Å². The van der Waals surface area contributed by atoms with Gasteiger partial charge in [-0.3, -0.25) is 0 Å². The fourth-order valence-corrected chi connectivity index (χ4v) is 2.88. The van der Waals surface area contributed by atoms with E-state index in [1.165, 1.54) is 0 Å². The van der Waals surface area contributed by atoms with Gasteiger partial charge in [-0.25, -0.2) is 30.3 Å². The molecule has 1 rings (SSSR count). The second-order valence-electron chi connectivity index (χ2n) is 3.22. The third-order valence-electron chi connectivity index (χ3n) is 1.82. The summed E-state index contributed by atoms with van der Waals surface area (Å²) in [5, 5.41) is 0. The molecule has 0 bridgehead atoms. The van der Waals surface area contributed by atoms with E-state index < -0.39 is 47.9 Å². The second-order valence-corrected chi connectivity index (χ2v) is 7.85. The van der Waals surface area contributed by atoms with Crippen LogP contribution in [0, 0.1) is 11.6 Å². The van der Waals surface area contributed by atoms with Crippen LogP contribution >= 0.6 is 10.7 Å². The Labute approximate surface area is 107 Å². The first-order chi connectivity index (χ1) is 8.12. The Morgan fingerprint density at radius 3 is 2.33 bits per heavy atom. The third-order valence-corrected chi connectivity index (χ3v) is 4.45. The van der Waals surface area contributed by atoms with Gasteiger partial charge in [0.15, 0.2) is 0 Å². The number of nitrogens with one attached hydrogen (secondary N) is 1. The average molecular weight is 320 g/mol. The topological polar surface area (TPSA) is 80.3 Å². The van der Waals surface area contributed by atoms with Crippen LogP contribution in [-0.2, 0) is 19.1 Å². The van der Waals surface area contributed by atoms with Crippen LogP contribution in [0.25, 0.3) is 0 Å². The van der Waals surface area contributed by atoms with Crippen LogP contribution in [0.4, 0.5) is 8.78 Å². The molecule has 18 heavy (non-hydrogen) atoms. The van der Waals surface area contributed by atoms with E-state index in [0.29, 0.717) is 12.1 Å². The molecule has 0 saturated heterocycles. The largest absolute Gasteiger partial charge is 0.243 e. The lowest BCUT2D eigenvalue weighted by molar-refractivity contribution is 0.547. The summed E-state index contributed by atoms with van der Waals surface area (Å²) in [6.07, 6.45) is 0. The van der Waals surface area contributed by atoms with Crippen molar-refractivity contribution >= 4 is 29.8 Å². The fraction of sp³-hybridized carbons (Fsp3) is 0.250. The number of rotatable bonds is 5. The first-order valence-electron chi connectivity index (χ1n) is 4.49. The number of benzene rings is 1. The number of hydrogen-bond donors (Lipinski definition) is 1. The van der Waals surface area contributed by atoms with Gasteiger partial charge in [0.25, 0.3) is 0 Å². The highest BCUT2D eigenvalue weighted by Crippen LogP contribution is 2.15. The molecule has 10 heteroatoms. The van der Waals surface area contributed by atoms with Crippen molar-refractivity contribution in [3.63, 3.8) is 0 Å². The highest BCUT2D eigenvalue weighted by Gasteiger charge is 2.20. The molecule has 0 atom stereocenters. The molecule has 5 nitrogen and oxygen atoms in total. The predicted octanol–water partition coefficient (Wildman–Crippen LogP) is 0.812. The summed E-state index contributed by atoms with van der Waals surface area (Å²) >= 11 is 0. The first-order valence-corrected chi connectivity index (χ1v) is 8.45. The smallest absolute Gasteiger partial charge is 0.212 e. The van der Waals surface area contributed by atoms with Crippen molar-refractivity contribution in [3.8, 4) is 0 Å². The Bertz CT molecular complexity index is 645. The van der Waals surface area contributed by atoms with Crippen LogP contribution in [0.2, 0.25) is 0 Å². The van der Waals surface area contributed by atoms with Crippen LogP contribution in [-0.4, -0.2) is 29.1 Å². The molecule has 0 spiro atoms. The molecule has 0 saturated carbocycles. The Morgan fingerprint density at radius 2 is 1.78 bits per heavy atom. The second kappa shape index (κ2) is 5.47. The maximum Gasteiger partial charge on any atom is 0.243 e. The van der Waals surface area contributed by atoms with E-state index in [-0.39, 0.29) is 0 Å². The van der Waals surface area contributed by atoms with Crippen molar-refractivity contribution in [1.29, 1.82) is 0 Å². The van der Waals surface area contributed by atoms with E-state index in [1.807, 2.05) is 0 Å². The number of halogens is 3. The number of hydrogen-bond acceptors (Lipinski definition) is 4. The van der Waals surface area contributed by atoms with Crippen molar-refractivity contribution in [2.24, 2.45) is 0 Å². The minimum absolute atomic E-state index is 0.493. The Morgan fingerprint density at radius 1 is 1.17 bits per heavy atom. The normalized spacial score (nSPS) is 12.6. The Balaban J connectivity index is 2.90. The van der Waals surface area contributed by atoms with Crippen molar-refractivity contribution in [2.45, 2.75) is 4.90 Å². The molecule has 0 aliphatic rings. The van der Waals surface area contributed by atoms with Crippen molar-refractivity contribution in [2.75, 3.05) is 12.3 Å². The zero-order valence-corrected chi connectivity index (χ0v) is 11.1. The Hall–Kier alpha value is -0.770. The molecule has 1 N–H and O–H groups in total. The number of sulfonamides is 1. The van der Waals surface area contributed by atoms with Gasteiger partial charge in [0.05, 0.1) is 5.75 Å². The van der Waals surface area contributed by atoms with E-state index >= 15 is 0 Å². The molecule has 0 unspecified atom stereocenters. The van der Waals surface area contributed by atoms with Gasteiger partial charge in [-0.05, 0) is 18.2 Å². The predicted molar refractivity (Wildman–Crippen MR) is 61.2 cm³/mol. The monoisotopic (exact) mass is 319 g/mol. The molecule has 1 aromatic rings. The van der Waals surface area contributed by atoms with Gasteiger partial charge in [-0.15, -0.1) is 0 Å². The van der Waals surface area contributed by atoms with Crippen LogP contribution < -0.4 is 4.72 Å². The summed E-state index contributed by atoms with van der Waals surface area (Å²) in [6, 6.07) is 1.91. The van der Waals surface area contributed by atoms with Crippen molar-refractivity contribution in [1.82, 2.24) is 4.72 Å². The van der Waals surface area contributed by atoms with Gasteiger partial charge in [0.1, 0.15) is 16.5 Å². The maximum absolute atomic E-state index is 13.2. The van der Waals surface area contributed by atoms with Crippen LogP contribution in [0.1, 0.15) is 0 Å². The highest BCUT2D eigenvalue weighted by molar-refractivity contribution is 8.13. The van der Waals surface area contributed by atoms with Crippen molar-refractivity contribution in [3.05, 3.63) is 29.8 Å². The van der Waals surface area contributed by atoms with Gasteiger partial charge in [-0.1, -0.05) is 0 Å². The van der Waals surface area contributed by atoms with Gasteiger partial charge in [-0.2, -0.15) is 0 Å². The molecule has 0 aromatic heterocycles. The van der Waals surface area contributed by atoms with Crippen LogP contribution in [0.15, 0.2) is 23.1 Å². The summed E-state index contributed by atoms with van der Waals surface area (Å²) in [7, 11) is -3.33. The molecular weight excluding hydrogens is 312 g/mol. The molecule has 0 fully saturated rings. The molecule has 0 amide bonds. The molecule has 1 aromatic carbocycles. The quantitative estimate of drug-likeness (QED) is 0.815. The standard InChI is InChI=1S/C8H8ClF2NO4S2/c9-17(13,14)4-3-12-18(15,16)8-5-6(10)1-2-7(8)11/h1-2,5,12H,3-4H2. The zero-order valence-electron chi connectivity index (χ0n) is 8.73. The molecular formula is C8H8ClF2NO4S2. The van der Waals surface area contributed by atoms with E-state index in [9.17, 15) is 25.6 Å². The van der Waals surface area contributed by atoms with E-state index in [2.05, 4.69) is 0 Å². The Kier molecular flexibility index (Phi) is 4.65. The van der Waals surface area contributed by atoms with Crippen LogP contribution in [0.5, 0.6) is 0 Å². The maximum atomic E-state index is 13.2. The van der Waals surface area contributed by atoms with Gasteiger partial charge >= 0.3 is 0 Å². The van der Waals surface area contributed by atoms with Crippen LogP contribution in [0.3, 0.4) is 0 Å². The van der Waals surface area contributed by atoms with Gasteiger partial charge in [0.2, 0.25) is 19.1 Å². The lowest BCUT2D eigenvalue weighted by Crippen LogP contribution is -2.29. The molecule has 0 aliphatic carbocycles. The van der Waals surface area contributed by atoms with Crippen molar-refractivity contribution < 1.29 is 25.6 Å². The third kappa shape index (κ3) is 4.48. The summed E-state index contributed by atoms with van der Waals surface area (Å²) in [4.78, 5) is -0.894. The summed E-state index contributed by atoms with van der Waals surface area (Å²) in [5.41, 5.74) is 0. The molecule has 0 heterocycles. The van der Waals surface area contributed by atoms with Gasteiger partial charge < -0.3 is 0 Å². The zero-order chi connectivity index (χ0) is 14.0. The minimum Gasteiger partial charge on any atom is -0.212 e. The lowest BCUT2D eigenvalue weighted by Gasteiger charge is -2.06. The summed E-state index contributed by atoms with van der Waals surface area (Å²) in [6.45, 7) is -0.538. The summed E-state index contributed by atoms with van der Waals surface area (Å²) in [5.74, 6) is -2.73. The minimum atomic E-state index is -4.32. The summed E-state index contributed by atoms with van der Waals surface area (Å²) < 4.78 is 72.0. The molecule has 0 aliphatic heterocycles.